The Hall–Kier alpha value is -2.48. The molecule has 0 aliphatic heterocycles. The number of hydrogen-bond acceptors (Lipinski definition) is 5. The van der Waals surface area contributed by atoms with Crippen LogP contribution in [-0.2, 0) is 11.3 Å². The van der Waals surface area contributed by atoms with Gasteiger partial charge in [0.15, 0.2) is 5.13 Å². The quantitative estimate of drug-likeness (QED) is 0.824. The van der Waals surface area contributed by atoms with Crippen LogP contribution in [0, 0.1) is 6.92 Å². The molecular weight excluding hydrogens is 292 g/mol. The van der Waals surface area contributed by atoms with E-state index in [-0.39, 0.29) is 5.91 Å². The number of amides is 1. The van der Waals surface area contributed by atoms with Crippen LogP contribution in [0.25, 0.3) is 6.08 Å². The summed E-state index contributed by atoms with van der Waals surface area (Å²) in [5.41, 5.74) is 1.24. The molecule has 2 heterocycles. The van der Waals surface area contributed by atoms with Crippen molar-refractivity contribution in [1.29, 1.82) is 0 Å². The molecular formula is C13H14N4O3S. The number of carboxylic acids is 1. The molecule has 0 spiro atoms. The predicted molar refractivity (Wildman–Crippen MR) is 79.4 cm³/mol. The highest BCUT2D eigenvalue weighted by Gasteiger charge is 2.14. The first kappa shape index (κ1) is 14.9. The summed E-state index contributed by atoms with van der Waals surface area (Å²) >= 11 is 1.20. The molecule has 110 valence electrons. The molecule has 2 N–H and O–H groups in total. The van der Waals surface area contributed by atoms with Crippen molar-refractivity contribution in [3.05, 3.63) is 34.6 Å². The fraction of sp³-hybridized carbons (Fsp3) is 0.231. The molecule has 0 bridgehead atoms. The summed E-state index contributed by atoms with van der Waals surface area (Å²) < 4.78 is 1.61. The molecule has 0 aliphatic rings. The van der Waals surface area contributed by atoms with Gasteiger partial charge in [0.05, 0.1) is 5.69 Å². The van der Waals surface area contributed by atoms with Crippen molar-refractivity contribution in [3.8, 4) is 0 Å². The lowest BCUT2D eigenvalue weighted by Gasteiger charge is -2.03. The normalized spacial score (nSPS) is 11.0. The largest absolute Gasteiger partial charge is 0.478 e. The second-order valence-electron chi connectivity index (χ2n) is 4.18. The monoisotopic (exact) mass is 306 g/mol. The third-order valence-electron chi connectivity index (χ3n) is 2.57. The number of anilines is 1. The highest BCUT2D eigenvalue weighted by atomic mass is 32.1. The zero-order valence-corrected chi connectivity index (χ0v) is 12.3. The highest BCUT2D eigenvalue weighted by molar-refractivity contribution is 7.16. The first-order valence-electron chi connectivity index (χ1n) is 6.22. The Morgan fingerprint density at radius 3 is 2.95 bits per heavy atom. The Labute approximate surface area is 124 Å². The minimum Gasteiger partial charge on any atom is -0.478 e. The zero-order valence-electron chi connectivity index (χ0n) is 11.5. The molecule has 8 heteroatoms. The second-order valence-corrected chi connectivity index (χ2v) is 5.24. The van der Waals surface area contributed by atoms with Crippen LogP contribution >= 0.6 is 11.3 Å². The van der Waals surface area contributed by atoms with E-state index >= 15 is 0 Å². The number of nitrogens with zero attached hydrogens (tertiary/aromatic N) is 3. The molecule has 0 fully saturated rings. The van der Waals surface area contributed by atoms with Gasteiger partial charge in [0.1, 0.15) is 5.69 Å². The Kier molecular flexibility index (Phi) is 4.49. The number of carbonyl (C=O) groups excluding carboxylic acids is 1. The number of thiazole rings is 1. The Morgan fingerprint density at radius 1 is 1.52 bits per heavy atom. The third kappa shape index (κ3) is 3.76. The molecule has 21 heavy (non-hydrogen) atoms. The summed E-state index contributed by atoms with van der Waals surface area (Å²) in [6.07, 6.45) is 3.95. The highest BCUT2D eigenvalue weighted by Crippen LogP contribution is 2.20. The van der Waals surface area contributed by atoms with Crippen LogP contribution in [0.3, 0.4) is 0 Å². The smallest absolute Gasteiger partial charge is 0.328 e. The summed E-state index contributed by atoms with van der Waals surface area (Å²) in [7, 11) is 0. The van der Waals surface area contributed by atoms with Crippen molar-refractivity contribution in [2.75, 3.05) is 5.32 Å². The SMILES string of the molecule is CCn1nc(C)cc1C(=O)Nc1ncc(C=CC(=O)O)s1. The molecule has 0 atom stereocenters. The van der Waals surface area contributed by atoms with Crippen molar-refractivity contribution in [2.45, 2.75) is 20.4 Å². The first-order chi connectivity index (χ1) is 9.99. The van der Waals surface area contributed by atoms with Gasteiger partial charge in [0.25, 0.3) is 5.91 Å². The molecule has 7 nitrogen and oxygen atoms in total. The maximum absolute atomic E-state index is 12.2. The van der Waals surface area contributed by atoms with Gasteiger partial charge in [-0.15, -0.1) is 0 Å². The standard InChI is InChI=1S/C13H14N4O3S/c1-3-17-10(6-8(2)16-17)12(20)15-13-14-7-9(21-13)4-5-11(18)19/h4-7H,3H2,1-2H3,(H,18,19)(H,14,15,20). The Bertz CT molecular complexity index is 702. The molecule has 0 saturated carbocycles. The second kappa shape index (κ2) is 6.31. The van der Waals surface area contributed by atoms with Crippen molar-refractivity contribution in [2.24, 2.45) is 0 Å². The van der Waals surface area contributed by atoms with Gasteiger partial charge in [-0.1, -0.05) is 11.3 Å². The van der Waals surface area contributed by atoms with Crippen LogP contribution in [0.4, 0.5) is 5.13 Å². The topological polar surface area (TPSA) is 97.1 Å². The van der Waals surface area contributed by atoms with Gasteiger partial charge in [-0.3, -0.25) is 14.8 Å². The van der Waals surface area contributed by atoms with Gasteiger partial charge in [0, 0.05) is 23.7 Å². The van der Waals surface area contributed by atoms with Crippen LogP contribution in [0.2, 0.25) is 0 Å². The molecule has 0 radical (unpaired) electrons. The number of carbonyl (C=O) groups is 2. The van der Waals surface area contributed by atoms with E-state index in [1.165, 1.54) is 23.6 Å². The number of rotatable bonds is 5. The molecule has 2 aromatic rings. The first-order valence-corrected chi connectivity index (χ1v) is 7.04. The van der Waals surface area contributed by atoms with Crippen LogP contribution in [0.5, 0.6) is 0 Å². The lowest BCUT2D eigenvalue weighted by molar-refractivity contribution is -0.131. The van der Waals surface area contributed by atoms with Crippen LogP contribution in [0.15, 0.2) is 18.3 Å². The van der Waals surface area contributed by atoms with E-state index in [1.54, 1.807) is 10.7 Å². The number of aromatic nitrogens is 3. The molecule has 2 rings (SSSR count). The molecule has 0 saturated heterocycles. The predicted octanol–water partition coefficient (Wildman–Crippen LogP) is 2.02. The van der Waals surface area contributed by atoms with Crippen LogP contribution < -0.4 is 5.32 Å². The summed E-state index contributed by atoms with van der Waals surface area (Å²) in [4.78, 5) is 27.3. The van der Waals surface area contributed by atoms with Crippen LogP contribution in [-0.4, -0.2) is 31.7 Å². The number of aryl methyl sites for hydroxylation is 2. The average molecular weight is 306 g/mol. The lowest BCUT2D eigenvalue weighted by atomic mass is 10.3. The molecule has 2 aromatic heterocycles. The van der Waals surface area contributed by atoms with Gasteiger partial charge >= 0.3 is 5.97 Å². The van der Waals surface area contributed by atoms with Gasteiger partial charge in [-0.05, 0) is 26.0 Å². The number of hydrogen-bond donors (Lipinski definition) is 2. The maximum atomic E-state index is 12.2. The number of aliphatic carboxylic acids is 1. The van der Waals surface area contributed by atoms with Gasteiger partial charge in [0.2, 0.25) is 0 Å². The summed E-state index contributed by atoms with van der Waals surface area (Å²) in [6, 6.07) is 1.71. The number of carboxylic acid groups (broad SMARTS) is 1. The van der Waals surface area contributed by atoms with Gasteiger partial charge in [-0.25, -0.2) is 9.78 Å². The number of nitrogens with one attached hydrogen (secondary N) is 1. The van der Waals surface area contributed by atoms with Crippen molar-refractivity contribution >= 4 is 34.4 Å². The van der Waals surface area contributed by atoms with E-state index < -0.39 is 5.97 Å². The lowest BCUT2D eigenvalue weighted by Crippen LogP contribution is -2.17. The summed E-state index contributed by atoms with van der Waals surface area (Å²) in [5, 5.41) is 15.9. The fourth-order valence-corrected chi connectivity index (χ4v) is 2.42. The van der Waals surface area contributed by atoms with E-state index in [2.05, 4.69) is 15.4 Å². The minimum atomic E-state index is -1.03. The van der Waals surface area contributed by atoms with Crippen molar-refractivity contribution in [1.82, 2.24) is 14.8 Å². The van der Waals surface area contributed by atoms with E-state index in [0.29, 0.717) is 22.2 Å². The molecule has 0 aliphatic carbocycles. The average Bonchev–Trinajstić information content (AvgIpc) is 3.02. The Morgan fingerprint density at radius 2 is 2.29 bits per heavy atom. The van der Waals surface area contributed by atoms with E-state index in [4.69, 9.17) is 5.11 Å². The van der Waals surface area contributed by atoms with E-state index in [1.807, 2.05) is 13.8 Å². The Balaban J connectivity index is 2.11. The maximum Gasteiger partial charge on any atom is 0.328 e. The van der Waals surface area contributed by atoms with Gasteiger partial charge < -0.3 is 5.11 Å². The van der Waals surface area contributed by atoms with E-state index in [9.17, 15) is 9.59 Å². The molecule has 0 unspecified atom stereocenters. The third-order valence-corrected chi connectivity index (χ3v) is 3.45. The van der Waals surface area contributed by atoms with Crippen molar-refractivity contribution < 1.29 is 14.7 Å². The summed E-state index contributed by atoms with van der Waals surface area (Å²) in [5.74, 6) is -1.32. The van der Waals surface area contributed by atoms with Crippen LogP contribution in [0.1, 0.15) is 28.0 Å². The minimum absolute atomic E-state index is 0.291. The summed E-state index contributed by atoms with van der Waals surface area (Å²) in [6.45, 7) is 4.32. The van der Waals surface area contributed by atoms with Crippen molar-refractivity contribution in [3.63, 3.8) is 0 Å². The molecule has 0 aromatic carbocycles. The zero-order chi connectivity index (χ0) is 15.4. The van der Waals surface area contributed by atoms with E-state index in [0.717, 1.165) is 11.8 Å². The molecule has 1 amide bonds. The fourth-order valence-electron chi connectivity index (χ4n) is 1.71. The van der Waals surface area contributed by atoms with Gasteiger partial charge in [-0.2, -0.15) is 5.10 Å².